The number of rotatable bonds is 3. The van der Waals surface area contributed by atoms with Crippen LogP contribution < -0.4 is 16.0 Å². The van der Waals surface area contributed by atoms with Crippen LogP contribution in [0.4, 0.5) is 17.2 Å². The zero-order chi connectivity index (χ0) is 24.0. The van der Waals surface area contributed by atoms with Gasteiger partial charge in [0.1, 0.15) is 11.7 Å². The Morgan fingerprint density at radius 3 is 2.40 bits per heavy atom. The molecule has 6 rings (SSSR count). The van der Waals surface area contributed by atoms with E-state index in [0.29, 0.717) is 17.1 Å². The van der Waals surface area contributed by atoms with Gasteiger partial charge in [-0.25, -0.2) is 4.98 Å². The molecular formula is C29H26N6. The van der Waals surface area contributed by atoms with Crippen LogP contribution in [0.25, 0.3) is 11.1 Å². The van der Waals surface area contributed by atoms with Gasteiger partial charge in [0.25, 0.3) is 0 Å². The first-order valence-electron chi connectivity index (χ1n) is 11.8. The van der Waals surface area contributed by atoms with Gasteiger partial charge >= 0.3 is 0 Å². The molecule has 5 N–H and O–H groups in total. The molecule has 1 fully saturated rings. The van der Waals surface area contributed by atoms with Crippen LogP contribution >= 0.6 is 0 Å². The standard InChI is InChI=1S/C29H26N6/c30-26(20-9-12-22(13-10-20)29(32)15-5-16-29)35-25-8-4-17-33-28(25)34-24-14-11-21(18-23(24)27(35)31)19-6-2-1-3-7-19/h1-4,6-14,17-18,30-31H,5,15-16,32H2,(H,33,34). The van der Waals surface area contributed by atoms with E-state index < -0.39 is 0 Å². The molecule has 1 aromatic heterocycles. The number of benzene rings is 3. The Morgan fingerprint density at radius 2 is 1.69 bits per heavy atom. The summed E-state index contributed by atoms with van der Waals surface area (Å²) < 4.78 is 0. The summed E-state index contributed by atoms with van der Waals surface area (Å²) in [6, 6.07) is 27.8. The van der Waals surface area contributed by atoms with Crippen LogP contribution in [0.15, 0.2) is 91.1 Å². The third-order valence-electron chi connectivity index (χ3n) is 7.09. The minimum absolute atomic E-state index is 0.218. The molecule has 6 heteroatoms. The van der Waals surface area contributed by atoms with Crippen LogP contribution in [0.5, 0.6) is 0 Å². The highest BCUT2D eigenvalue weighted by molar-refractivity contribution is 6.30. The van der Waals surface area contributed by atoms with Gasteiger partial charge in [-0.15, -0.1) is 0 Å². The third-order valence-corrected chi connectivity index (χ3v) is 7.09. The lowest BCUT2D eigenvalue weighted by Gasteiger charge is -2.38. The fourth-order valence-electron chi connectivity index (χ4n) is 4.87. The van der Waals surface area contributed by atoms with Crippen molar-refractivity contribution in [1.82, 2.24) is 4.98 Å². The molecule has 0 saturated heterocycles. The maximum absolute atomic E-state index is 9.22. The van der Waals surface area contributed by atoms with Crippen molar-refractivity contribution in [3.05, 3.63) is 108 Å². The SMILES string of the molecule is N=C(c1ccc(C2(N)CCC2)cc1)N1C(=N)c2cc(-c3ccccc3)ccc2Nc2ncccc21. The molecule has 1 saturated carbocycles. The average Bonchev–Trinajstić information content (AvgIpc) is 3.01. The highest BCUT2D eigenvalue weighted by Crippen LogP contribution is 2.39. The lowest BCUT2D eigenvalue weighted by Crippen LogP contribution is -2.43. The Bertz CT molecular complexity index is 1440. The van der Waals surface area contributed by atoms with Crippen molar-refractivity contribution in [2.45, 2.75) is 24.8 Å². The third kappa shape index (κ3) is 3.59. The summed E-state index contributed by atoms with van der Waals surface area (Å²) in [5, 5.41) is 21.7. The lowest BCUT2D eigenvalue weighted by molar-refractivity contribution is 0.253. The molecule has 0 amide bonds. The zero-order valence-corrected chi connectivity index (χ0v) is 19.3. The molecule has 172 valence electrons. The van der Waals surface area contributed by atoms with Gasteiger partial charge in [0, 0.05) is 22.9 Å². The van der Waals surface area contributed by atoms with Gasteiger partial charge in [0.15, 0.2) is 5.82 Å². The first kappa shape index (κ1) is 21.3. The second-order valence-corrected chi connectivity index (χ2v) is 9.24. The van der Waals surface area contributed by atoms with Gasteiger partial charge in [-0.1, -0.05) is 60.7 Å². The van der Waals surface area contributed by atoms with Crippen LogP contribution in [0.2, 0.25) is 0 Å². The molecule has 1 aliphatic carbocycles. The molecule has 3 aromatic carbocycles. The molecule has 1 aliphatic heterocycles. The number of nitrogens with one attached hydrogen (secondary N) is 3. The van der Waals surface area contributed by atoms with Crippen molar-refractivity contribution < 1.29 is 0 Å². The number of fused-ring (bicyclic) bond motifs is 2. The molecule has 6 nitrogen and oxygen atoms in total. The van der Waals surface area contributed by atoms with Gasteiger partial charge < -0.3 is 11.1 Å². The van der Waals surface area contributed by atoms with E-state index in [1.54, 1.807) is 11.1 Å². The highest BCUT2D eigenvalue weighted by atomic mass is 15.2. The Balaban J connectivity index is 1.42. The molecule has 0 unspecified atom stereocenters. The van der Waals surface area contributed by atoms with Crippen LogP contribution in [0.3, 0.4) is 0 Å². The number of pyridine rings is 1. The number of anilines is 3. The molecule has 2 aliphatic rings. The first-order chi connectivity index (χ1) is 17.0. The summed E-state index contributed by atoms with van der Waals surface area (Å²) >= 11 is 0. The Hall–Kier alpha value is -4.29. The van der Waals surface area contributed by atoms with Gasteiger partial charge in [-0.2, -0.15) is 0 Å². The van der Waals surface area contributed by atoms with Crippen molar-refractivity contribution >= 4 is 28.9 Å². The van der Waals surface area contributed by atoms with E-state index in [9.17, 15) is 5.41 Å². The second-order valence-electron chi connectivity index (χ2n) is 9.24. The normalized spacial score (nSPS) is 15.8. The molecular weight excluding hydrogens is 432 g/mol. The van der Waals surface area contributed by atoms with Crippen molar-refractivity contribution in [3.8, 4) is 11.1 Å². The van der Waals surface area contributed by atoms with Gasteiger partial charge in [0.05, 0.1) is 11.4 Å². The molecule has 0 bridgehead atoms. The fourth-order valence-corrected chi connectivity index (χ4v) is 4.87. The second kappa shape index (κ2) is 8.18. The molecule has 0 radical (unpaired) electrons. The van der Waals surface area contributed by atoms with Crippen molar-refractivity contribution in [2.24, 2.45) is 5.73 Å². The smallest absolute Gasteiger partial charge is 0.154 e. The van der Waals surface area contributed by atoms with Gasteiger partial charge in [-0.3, -0.25) is 15.7 Å². The van der Waals surface area contributed by atoms with E-state index in [1.165, 1.54) is 0 Å². The van der Waals surface area contributed by atoms with Gasteiger partial charge in [-0.05, 0) is 60.2 Å². The van der Waals surface area contributed by atoms with E-state index in [1.807, 2.05) is 72.8 Å². The minimum Gasteiger partial charge on any atom is -0.338 e. The summed E-state index contributed by atoms with van der Waals surface area (Å²) in [4.78, 5) is 6.18. The molecule has 2 heterocycles. The average molecular weight is 459 g/mol. The monoisotopic (exact) mass is 458 g/mol. The summed E-state index contributed by atoms with van der Waals surface area (Å²) in [5.74, 6) is 1.05. The van der Waals surface area contributed by atoms with E-state index in [2.05, 4.69) is 22.4 Å². The summed E-state index contributed by atoms with van der Waals surface area (Å²) in [6.45, 7) is 0. The Morgan fingerprint density at radius 1 is 0.914 bits per heavy atom. The van der Waals surface area contributed by atoms with E-state index >= 15 is 0 Å². The van der Waals surface area contributed by atoms with Crippen LogP contribution in [0.1, 0.15) is 36.0 Å². The van der Waals surface area contributed by atoms with Crippen LogP contribution in [0, 0.1) is 10.8 Å². The van der Waals surface area contributed by atoms with Crippen LogP contribution in [-0.4, -0.2) is 16.7 Å². The van der Waals surface area contributed by atoms with Gasteiger partial charge in [0.2, 0.25) is 0 Å². The summed E-state index contributed by atoms with van der Waals surface area (Å²) in [6.07, 6.45) is 4.85. The number of hydrogen-bond acceptors (Lipinski definition) is 5. The zero-order valence-electron chi connectivity index (χ0n) is 19.3. The van der Waals surface area contributed by atoms with E-state index in [0.717, 1.165) is 47.2 Å². The number of aromatic nitrogens is 1. The molecule has 0 spiro atoms. The van der Waals surface area contributed by atoms with Crippen LogP contribution in [-0.2, 0) is 5.54 Å². The maximum Gasteiger partial charge on any atom is 0.154 e. The van der Waals surface area contributed by atoms with Crippen molar-refractivity contribution in [1.29, 1.82) is 10.8 Å². The number of nitrogens with two attached hydrogens (primary N) is 1. The number of nitrogens with zero attached hydrogens (tertiary/aromatic N) is 2. The highest BCUT2D eigenvalue weighted by Gasteiger charge is 2.34. The molecule has 35 heavy (non-hydrogen) atoms. The summed E-state index contributed by atoms with van der Waals surface area (Å²) in [7, 11) is 0. The summed E-state index contributed by atoms with van der Waals surface area (Å²) in [5.41, 5.74) is 12.3. The quantitative estimate of drug-likeness (QED) is 0.223. The maximum atomic E-state index is 9.22. The minimum atomic E-state index is -0.247. The number of amidine groups is 2. The topological polar surface area (TPSA) is 102 Å². The first-order valence-corrected chi connectivity index (χ1v) is 11.8. The number of hydrogen-bond donors (Lipinski definition) is 4. The van der Waals surface area contributed by atoms with Crippen molar-refractivity contribution in [3.63, 3.8) is 0 Å². The van der Waals surface area contributed by atoms with Crippen molar-refractivity contribution in [2.75, 3.05) is 10.2 Å². The largest absolute Gasteiger partial charge is 0.338 e. The lowest BCUT2D eigenvalue weighted by atomic mass is 9.73. The predicted octanol–water partition coefficient (Wildman–Crippen LogP) is 6.00. The molecule has 0 atom stereocenters. The predicted molar refractivity (Wildman–Crippen MR) is 142 cm³/mol. The Kier molecular flexibility index (Phi) is 4.97. The Labute approximate surface area is 204 Å². The van der Waals surface area contributed by atoms with E-state index in [4.69, 9.17) is 11.1 Å². The fraction of sp³-hybridized carbons (Fsp3) is 0.138. The van der Waals surface area contributed by atoms with E-state index in [-0.39, 0.29) is 17.2 Å². The molecule has 4 aromatic rings.